The van der Waals surface area contributed by atoms with E-state index in [0.717, 1.165) is 31.6 Å². The molecule has 0 spiro atoms. The molecule has 0 bridgehead atoms. The predicted molar refractivity (Wildman–Crippen MR) is 115 cm³/mol. The average Bonchev–Trinajstić information content (AvgIpc) is 3.28. The van der Waals surface area contributed by atoms with Crippen LogP contribution in [0.2, 0.25) is 0 Å². The highest BCUT2D eigenvalue weighted by Gasteiger charge is 2.18. The molecule has 8 heteroatoms. The number of nitrogens with one attached hydrogen (secondary N) is 1. The third-order valence-electron chi connectivity index (χ3n) is 4.84. The van der Waals surface area contributed by atoms with Gasteiger partial charge in [0.1, 0.15) is 11.5 Å². The van der Waals surface area contributed by atoms with Crippen molar-refractivity contribution in [2.75, 3.05) is 18.0 Å². The number of anilines is 1. The summed E-state index contributed by atoms with van der Waals surface area (Å²) in [4.78, 5) is 11.3. The summed E-state index contributed by atoms with van der Waals surface area (Å²) in [5, 5.41) is 0. The summed E-state index contributed by atoms with van der Waals surface area (Å²) in [6.07, 6.45) is 2.26. The summed E-state index contributed by atoms with van der Waals surface area (Å²) >= 11 is 0. The zero-order valence-electron chi connectivity index (χ0n) is 16.8. The van der Waals surface area contributed by atoms with E-state index in [-0.39, 0.29) is 11.4 Å². The lowest BCUT2D eigenvalue weighted by atomic mass is 10.3. The zero-order chi connectivity index (χ0) is 21.0. The second-order valence-corrected chi connectivity index (χ2v) is 8.97. The normalized spacial score (nSPS) is 14.1. The van der Waals surface area contributed by atoms with Gasteiger partial charge in [-0.1, -0.05) is 18.2 Å². The summed E-state index contributed by atoms with van der Waals surface area (Å²) in [7, 11) is -3.67. The Balaban J connectivity index is 1.43. The van der Waals surface area contributed by atoms with Crippen LogP contribution in [0.15, 0.2) is 65.6 Å². The van der Waals surface area contributed by atoms with Crippen LogP contribution >= 0.6 is 0 Å². The van der Waals surface area contributed by atoms with E-state index < -0.39 is 10.0 Å². The number of ether oxygens (including phenoxy) is 1. The fraction of sp³-hybridized carbons (Fsp3) is 0.273. The fourth-order valence-electron chi connectivity index (χ4n) is 3.33. The molecule has 0 atom stereocenters. The van der Waals surface area contributed by atoms with Gasteiger partial charge in [0.25, 0.3) is 0 Å². The number of nitrogens with zero attached hydrogens (tertiary/aromatic N) is 3. The van der Waals surface area contributed by atoms with Crippen LogP contribution in [-0.4, -0.2) is 31.5 Å². The molecule has 0 aliphatic carbocycles. The lowest BCUT2D eigenvalue weighted by molar-refractivity contribution is 0.482. The molecule has 1 fully saturated rings. The first-order valence-electron chi connectivity index (χ1n) is 9.92. The van der Waals surface area contributed by atoms with Crippen LogP contribution in [0.1, 0.15) is 24.2 Å². The standard InChI is InChI=1S/C22H24N4O3S/c1-17-15-18(25-22(24-17)26-13-5-6-14-26)16-23-30(27,28)21-11-9-20(10-12-21)29-19-7-3-2-4-8-19/h2-4,7-12,15,23H,5-6,13-14,16H2,1H3. The third-order valence-corrected chi connectivity index (χ3v) is 6.26. The Morgan fingerprint density at radius 2 is 1.63 bits per heavy atom. The highest BCUT2D eigenvalue weighted by molar-refractivity contribution is 7.89. The van der Waals surface area contributed by atoms with E-state index in [1.54, 1.807) is 18.2 Å². The van der Waals surface area contributed by atoms with E-state index in [4.69, 9.17) is 4.74 Å². The molecule has 7 nitrogen and oxygen atoms in total. The van der Waals surface area contributed by atoms with Gasteiger partial charge in [-0.2, -0.15) is 0 Å². The van der Waals surface area contributed by atoms with Gasteiger partial charge in [0.05, 0.1) is 17.1 Å². The zero-order valence-corrected chi connectivity index (χ0v) is 17.6. The minimum absolute atomic E-state index is 0.106. The van der Waals surface area contributed by atoms with Crippen molar-refractivity contribution >= 4 is 16.0 Å². The average molecular weight is 425 g/mol. The van der Waals surface area contributed by atoms with Gasteiger partial charge < -0.3 is 9.64 Å². The second kappa shape index (κ2) is 8.81. The quantitative estimate of drug-likeness (QED) is 0.623. The molecule has 156 valence electrons. The van der Waals surface area contributed by atoms with Crippen molar-refractivity contribution in [3.05, 3.63) is 72.1 Å². The number of aryl methyl sites for hydroxylation is 1. The molecular weight excluding hydrogens is 400 g/mol. The first kappa shape index (κ1) is 20.3. The van der Waals surface area contributed by atoms with Crippen molar-refractivity contribution in [1.82, 2.24) is 14.7 Å². The summed E-state index contributed by atoms with van der Waals surface area (Å²) in [5.41, 5.74) is 1.47. The monoisotopic (exact) mass is 424 g/mol. The lowest BCUT2D eigenvalue weighted by Gasteiger charge is -2.16. The molecule has 4 rings (SSSR count). The molecule has 0 unspecified atom stereocenters. The van der Waals surface area contributed by atoms with Gasteiger partial charge in [0.15, 0.2) is 0 Å². The molecule has 2 heterocycles. The van der Waals surface area contributed by atoms with Crippen molar-refractivity contribution in [2.45, 2.75) is 31.2 Å². The van der Waals surface area contributed by atoms with E-state index >= 15 is 0 Å². The van der Waals surface area contributed by atoms with Crippen molar-refractivity contribution < 1.29 is 13.2 Å². The van der Waals surface area contributed by atoms with Crippen molar-refractivity contribution in [2.24, 2.45) is 0 Å². The first-order chi connectivity index (χ1) is 14.5. The van der Waals surface area contributed by atoms with E-state index in [1.807, 2.05) is 37.3 Å². The SMILES string of the molecule is Cc1cc(CNS(=O)(=O)c2ccc(Oc3ccccc3)cc2)nc(N2CCCC2)n1. The van der Waals surface area contributed by atoms with Gasteiger partial charge in [-0.3, -0.25) is 0 Å². The van der Waals surface area contributed by atoms with Crippen molar-refractivity contribution in [1.29, 1.82) is 0 Å². The van der Waals surface area contributed by atoms with Gasteiger partial charge in [-0.15, -0.1) is 0 Å². The lowest BCUT2D eigenvalue weighted by Crippen LogP contribution is -2.25. The molecule has 3 aromatic rings. The van der Waals surface area contributed by atoms with Gasteiger partial charge in [0, 0.05) is 18.8 Å². The van der Waals surface area contributed by atoms with Crippen LogP contribution in [0.3, 0.4) is 0 Å². The number of hydrogen-bond donors (Lipinski definition) is 1. The van der Waals surface area contributed by atoms with Crippen LogP contribution in [-0.2, 0) is 16.6 Å². The van der Waals surface area contributed by atoms with Crippen molar-refractivity contribution in [3.63, 3.8) is 0 Å². The molecule has 30 heavy (non-hydrogen) atoms. The Morgan fingerprint density at radius 1 is 0.967 bits per heavy atom. The maximum absolute atomic E-state index is 12.7. The summed E-state index contributed by atoms with van der Waals surface area (Å²) in [6.45, 7) is 3.87. The van der Waals surface area contributed by atoms with Gasteiger partial charge >= 0.3 is 0 Å². The van der Waals surface area contributed by atoms with E-state index in [2.05, 4.69) is 19.6 Å². The molecule has 1 aromatic heterocycles. The van der Waals surface area contributed by atoms with Gasteiger partial charge in [-0.25, -0.2) is 23.1 Å². The van der Waals surface area contributed by atoms with Crippen LogP contribution in [0.25, 0.3) is 0 Å². The van der Waals surface area contributed by atoms with Crippen LogP contribution in [0.5, 0.6) is 11.5 Å². The Hall–Kier alpha value is -2.97. The molecule has 2 aromatic carbocycles. The van der Waals surface area contributed by atoms with E-state index in [1.165, 1.54) is 12.1 Å². The Morgan fingerprint density at radius 3 is 2.33 bits per heavy atom. The molecule has 1 saturated heterocycles. The Kier molecular flexibility index (Phi) is 5.96. The fourth-order valence-corrected chi connectivity index (χ4v) is 4.33. The summed E-state index contributed by atoms with van der Waals surface area (Å²) in [6, 6.07) is 17.5. The highest BCUT2D eigenvalue weighted by atomic mass is 32.2. The van der Waals surface area contributed by atoms with Gasteiger partial charge in [-0.05, 0) is 62.2 Å². The molecular formula is C22H24N4O3S. The number of sulfonamides is 1. The molecule has 1 aliphatic heterocycles. The number of para-hydroxylation sites is 1. The minimum atomic E-state index is -3.67. The Bertz CT molecular complexity index is 1100. The second-order valence-electron chi connectivity index (χ2n) is 7.21. The maximum atomic E-state index is 12.7. The molecule has 1 N–H and O–H groups in total. The van der Waals surface area contributed by atoms with E-state index in [0.29, 0.717) is 23.1 Å². The predicted octanol–water partition coefficient (Wildman–Crippen LogP) is 3.66. The van der Waals surface area contributed by atoms with Crippen molar-refractivity contribution in [3.8, 4) is 11.5 Å². The number of benzene rings is 2. The summed E-state index contributed by atoms with van der Waals surface area (Å²) in [5.74, 6) is 1.94. The van der Waals surface area contributed by atoms with Gasteiger partial charge in [0.2, 0.25) is 16.0 Å². The van der Waals surface area contributed by atoms with Crippen LogP contribution in [0, 0.1) is 6.92 Å². The van der Waals surface area contributed by atoms with Crippen LogP contribution in [0.4, 0.5) is 5.95 Å². The smallest absolute Gasteiger partial charge is 0.240 e. The number of rotatable bonds is 7. The van der Waals surface area contributed by atoms with E-state index in [9.17, 15) is 8.42 Å². The first-order valence-corrected chi connectivity index (χ1v) is 11.4. The minimum Gasteiger partial charge on any atom is -0.457 e. The highest BCUT2D eigenvalue weighted by Crippen LogP contribution is 2.23. The number of aromatic nitrogens is 2. The van der Waals surface area contributed by atoms with Crippen LogP contribution < -0.4 is 14.4 Å². The molecule has 0 radical (unpaired) electrons. The molecule has 1 aliphatic rings. The number of hydrogen-bond acceptors (Lipinski definition) is 6. The maximum Gasteiger partial charge on any atom is 0.240 e. The largest absolute Gasteiger partial charge is 0.457 e. The topological polar surface area (TPSA) is 84.4 Å². The Labute approximate surface area is 176 Å². The molecule has 0 saturated carbocycles. The summed E-state index contributed by atoms with van der Waals surface area (Å²) < 4.78 is 33.7. The molecule has 0 amide bonds. The third kappa shape index (κ3) is 4.95.